The summed E-state index contributed by atoms with van der Waals surface area (Å²) in [5, 5.41) is 4.69. The van der Waals surface area contributed by atoms with Crippen LogP contribution in [0.1, 0.15) is 28.8 Å². The average molecular weight is 423 g/mol. The number of halogens is 2. The van der Waals surface area contributed by atoms with E-state index >= 15 is 0 Å². The Bertz CT molecular complexity index is 1060. The van der Waals surface area contributed by atoms with Gasteiger partial charge in [0, 0.05) is 15.5 Å². The Balaban J connectivity index is 1.61. The van der Waals surface area contributed by atoms with Crippen molar-refractivity contribution < 1.29 is 0 Å². The van der Waals surface area contributed by atoms with Crippen molar-refractivity contribution in [3.63, 3.8) is 0 Å². The molecule has 3 aromatic carbocycles. The first kappa shape index (κ1) is 17.9. The predicted molar refractivity (Wildman–Crippen MR) is 120 cm³/mol. The number of aliphatic imine (C=N–C) groups is 1. The van der Waals surface area contributed by atoms with Gasteiger partial charge in [-0.25, -0.2) is 0 Å². The number of hydrogen-bond acceptors (Lipinski definition) is 3. The van der Waals surface area contributed by atoms with Gasteiger partial charge in [0.25, 0.3) is 0 Å². The molecule has 2 heterocycles. The maximum absolute atomic E-state index is 6.15. The van der Waals surface area contributed by atoms with E-state index in [4.69, 9.17) is 28.2 Å². The van der Waals surface area contributed by atoms with Crippen molar-refractivity contribution in [2.24, 2.45) is 4.99 Å². The molecule has 0 aliphatic carbocycles. The Hall–Kier alpha value is -2.20. The summed E-state index contributed by atoms with van der Waals surface area (Å²) in [6, 6.07) is 26.6. The molecule has 28 heavy (non-hydrogen) atoms. The Morgan fingerprint density at radius 2 is 1.36 bits per heavy atom. The van der Waals surface area contributed by atoms with Crippen LogP contribution in [0, 0.1) is 0 Å². The fourth-order valence-corrected chi connectivity index (χ4v) is 4.96. The molecule has 0 saturated carbocycles. The van der Waals surface area contributed by atoms with Crippen LogP contribution in [0.5, 0.6) is 0 Å². The Kier molecular flexibility index (Phi) is 4.67. The van der Waals surface area contributed by atoms with E-state index in [1.165, 1.54) is 16.8 Å². The first-order valence-corrected chi connectivity index (χ1v) is 10.6. The molecule has 0 aromatic heterocycles. The highest BCUT2D eigenvalue weighted by atomic mass is 35.5. The number of benzene rings is 3. The minimum Gasteiger partial charge on any atom is -0.310 e. The monoisotopic (exact) mass is 422 g/mol. The van der Waals surface area contributed by atoms with E-state index in [-0.39, 0.29) is 12.1 Å². The van der Waals surface area contributed by atoms with Crippen LogP contribution in [-0.2, 0) is 0 Å². The smallest absolute Gasteiger partial charge is 0.169 e. The standard InChI is InChI=1S/C23H16Cl2N2S/c24-18-10-6-16(7-11-18)21-22(17-8-12-19(25)13-9-17)27-20(14-28-23(27)26-21)15-4-2-1-3-5-15/h1-14,21-22H. The minimum absolute atomic E-state index is 0.00615. The number of nitrogens with zero attached hydrogens (tertiary/aromatic N) is 2. The summed E-state index contributed by atoms with van der Waals surface area (Å²) in [7, 11) is 0. The van der Waals surface area contributed by atoms with Gasteiger partial charge in [-0.15, -0.1) is 0 Å². The van der Waals surface area contributed by atoms with Crippen LogP contribution in [-0.4, -0.2) is 10.1 Å². The summed E-state index contributed by atoms with van der Waals surface area (Å²) in [6.45, 7) is 0. The predicted octanol–water partition coefficient (Wildman–Crippen LogP) is 7.19. The normalized spacial score (nSPS) is 20.7. The zero-order valence-corrected chi connectivity index (χ0v) is 17.1. The number of hydrogen-bond donors (Lipinski definition) is 0. The zero-order chi connectivity index (χ0) is 19.1. The molecule has 2 atom stereocenters. The SMILES string of the molecule is Clc1ccc(C2N=C3SC=C(c4ccccc4)N3C2c2ccc(Cl)cc2)cc1. The summed E-state index contributed by atoms with van der Waals surface area (Å²) in [5.74, 6) is 0. The molecule has 2 aliphatic rings. The van der Waals surface area contributed by atoms with Crippen LogP contribution >= 0.6 is 35.0 Å². The number of thioether (sulfide) groups is 1. The highest BCUT2D eigenvalue weighted by Crippen LogP contribution is 2.51. The van der Waals surface area contributed by atoms with Gasteiger partial charge in [0.05, 0.1) is 11.7 Å². The van der Waals surface area contributed by atoms with Crippen molar-refractivity contribution in [1.82, 2.24) is 4.90 Å². The van der Waals surface area contributed by atoms with E-state index in [0.717, 1.165) is 20.8 Å². The molecular weight excluding hydrogens is 407 g/mol. The lowest BCUT2D eigenvalue weighted by atomic mass is 9.93. The summed E-state index contributed by atoms with van der Waals surface area (Å²) in [4.78, 5) is 7.43. The van der Waals surface area contributed by atoms with Gasteiger partial charge in [0.2, 0.25) is 0 Å². The maximum atomic E-state index is 6.15. The summed E-state index contributed by atoms with van der Waals surface area (Å²) >= 11 is 13.9. The van der Waals surface area contributed by atoms with Crippen LogP contribution < -0.4 is 0 Å². The molecule has 138 valence electrons. The first-order chi connectivity index (χ1) is 13.7. The van der Waals surface area contributed by atoms with E-state index in [2.05, 4.69) is 58.8 Å². The van der Waals surface area contributed by atoms with Gasteiger partial charge in [-0.3, -0.25) is 4.99 Å². The average Bonchev–Trinajstić information content (AvgIpc) is 3.29. The lowest BCUT2D eigenvalue weighted by molar-refractivity contribution is 0.416. The molecule has 0 amide bonds. The number of rotatable bonds is 3. The largest absolute Gasteiger partial charge is 0.310 e. The van der Waals surface area contributed by atoms with Crippen LogP contribution in [0.4, 0.5) is 0 Å². The Labute approximate surface area is 178 Å². The van der Waals surface area contributed by atoms with E-state index in [1.807, 2.05) is 30.3 Å². The summed E-state index contributed by atoms with van der Waals surface area (Å²) < 4.78 is 0. The second-order valence-corrected chi connectivity index (χ2v) is 8.47. The van der Waals surface area contributed by atoms with Gasteiger partial charge >= 0.3 is 0 Å². The van der Waals surface area contributed by atoms with Crippen LogP contribution in [0.15, 0.2) is 89.3 Å². The van der Waals surface area contributed by atoms with Gasteiger partial charge in [-0.2, -0.15) is 0 Å². The van der Waals surface area contributed by atoms with Crippen molar-refractivity contribution in [3.05, 3.63) is 111 Å². The highest BCUT2D eigenvalue weighted by molar-refractivity contribution is 8.16. The maximum Gasteiger partial charge on any atom is 0.169 e. The van der Waals surface area contributed by atoms with E-state index < -0.39 is 0 Å². The molecule has 5 rings (SSSR count). The summed E-state index contributed by atoms with van der Waals surface area (Å²) in [6.07, 6.45) is 0. The third-order valence-electron chi connectivity index (χ3n) is 5.06. The molecular formula is C23H16Cl2N2S. The van der Waals surface area contributed by atoms with E-state index in [0.29, 0.717) is 0 Å². The quantitative estimate of drug-likeness (QED) is 0.443. The van der Waals surface area contributed by atoms with Crippen molar-refractivity contribution in [3.8, 4) is 0 Å². The molecule has 2 aliphatic heterocycles. The molecule has 0 N–H and O–H groups in total. The van der Waals surface area contributed by atoms with Crippen LogP contribution in [0.25, 0.3) is 5.70 Å². The lowest BCUT2D eigenvalue weighted by Crippen LogP contribution is -2.26. The van der Waals surface area contributed by atoms with Crippen molar-refractivity contribution in [1.29, 1.82) is 0 Å². The van der Waals surface area contributed by atoms with Crippen molar-refractivity contribution >= 4 is 45.8 Å². The molecule has 0 radical (unpaired) electrons. The van der Waals surface area contributed by atoms with Crippen molar-refractivity contribution in [2.45, 2.75) is 12.1 Å². The van der Waals surface area contributed by atoms with E-state index in [1.54, 1.807) is 11.8 Å². The Morgan fingerprint density at radius 1 is 0.750 bits per heavy atom. The minimum atomic E-state index is -0.00615. The van der Waals surface area contributed by atoms with Crippen molar-refractivity contribution in [2.75, 3.05) is 0 Å². The van der Waals surface area contributed by atoms with E-state index in [9.17, 15) is 0 Å². The summed E-state index contributed by atoms with van der Waals surface area (Å²) in [5.41, 5.74) is 4.71. The van der Waals surface area contributed by atoms with Crippen LogP contribution in [0.3, 0.4) is 0 Å². The third-order valence-corrected chi connectivity index (χ3v) is 6.42. The fourth-order valence-electron chi connectivity index (χ4n) is 3.74. The molecule has 3 aromatic rings. The van der Waals surface area contributed by atoms with Gasteiger partial charge in [0.1, 0.15) is 6.04 Å². The van der Waals surface area contributed by atoms with Gasteiger partial charge < -0.3 is 4.90 Å². The molecule has 0 bridgehead atoms. The topological polar surface area (TPSA) is 15.6 Å². The van der Waals surface area contributed by atoms with Crippen LogP contribution in [0.2, 0.25) is 10.0 Å². The first-order valence-electron chi connectivity index (χ1n) is 9.01. The second-order valence-electron chi connectivity index (χ2n) is 6.76. The van der Waals surface area contributed by atoms with Gasteiger partial charge in [-0.05, 0) is 41.0 Å². The number of amidine groups is 1. The third kappa shape index (κ3) is 3.14. The van der Waals surface area contributed by atoms with Gasteiger partial charge in [0.15, 0.2) is 5.17 Å². The molecule has 2 nitrogen and oxygen atoms in total. The second kappa shape index (κ2) is 7.32. The Morgan fingerprint density at radius 3 is 2.00 bits per heavy atom. The number of fused-ring (bicyclic) bond motifs is 1. The molecule has 2 unspecified atom stereocenters. The molecule has 0 spiro atoms. The fraction of sp³-hybridized carbons (Fsp3) is 0.0870. The zero-order valence-electron chi connectivity index (χ0n) is 14.8. The highest BCUT2D eigenvalue weighted by Gasteiger charge is 2.42. The van der Waals surface area contributed by atoms with Gasteiger partial charge in [-0.1, -0.05) is 89.6 Å². The molecule has 5 heteroatoms. The molecule has 0 saturated heterocycles. The lowest BCUT2D eigenvalue weighted by Gasteiger charge is -2.30. The molecule has 0 fully saturated rings.